The van der Waals surface area contributed by atoms with E-state index in [0.29, 0.717) is 25.0 Å². The van der Waals surface area contributed by atoms with Crippen LogP contribution in [0.15, 0.2) is 41.2 Å². The fourth-order valence-electron chi connectivity index (χ4n) is 3.62. The summed E-state index contributed by atoms with van der Waals surface area (Å²) in [4.78, 5) is 29.0. The molecule has 2 aromatic carbocycles. The smallest absolute Gasteiger partial charge is 0.326 e. The molecule has 0 spiro atoms. The maximum atomic E-state index is 13.9. The molecule has 1 fully saturated rings. The number of carbonyl (C=O) groups excluding carboxylic acids is 1. The molecule has 0 saturated carbocycles. The minimum Gasteiger partial charge on any atom is -0.338 e. The van der Waals surface area contributed by atoms with E-state index in [2.05, 4.69) is 4.98 Å². The Bertz CT molecular complexity index is 1080. The van der Waals surface area contributed by atoms with Gasteiger partial charge in [-0.15, -0.1) is 0 Å². The van der Waals surface area contributed by atoms with Gasteiger partial charge in [0.05, 0.1) is 16.6 Å². The van der Waals surface area contributed by atoms with Crippen LogP contribution in [-0.4, -0.2) is 33.4 Å². The van der Waals surface area contributed by atoms with Gasteiger partial charge < -0.3 is 9.88 Å². The Hall–Kier alpha value is -3.03. The van der Waals surface area contributed by atoms with Crippen molar-refractivity contribution in [1.29, 1.82) is 0 Å². The molecule has 8 heteroatoms. The molecule has 1 saturated heterocycles. The lowest BCUT2D eigenvalue weighted by molar-refractivity contribution is 0.0689. The number of halogens is 3. The van der Waals surface area contributed by atoms with Crippen molar-refractivity contribution < 1.29 is 18.0 Å². The van der Waals surface area contributed by atoms with Crippen LogP contribution in [0.1, 0.15) is 29.2 Å². The number of nitrogens with one attached hydrogen (secondary N) is 1. The number of piperidine rings is 1. The molecule has 27 heavy (non-hydrogen) atoms. The summed E-state index contributed by atoms with van der Waals surface area (Å²) >= 11 is 0. The molecule has 5 nitrogen and oxygen atoms in total. The average molecular weight is 375 g/mol. The number of nitrogens with zero attached hydrogens (tertiary/aromatic N) is 2. The van der Waals surface area contributed by atoms with E-state index < -0.39 is 28.9 Å². The summed E-state index contributed by atoms with van der Waals surface area (Å²) in [6.45, 7) is 0.571. The van der Waals surface area contributed by atoms with E-state index in [1.807, 2.05) is 24.3 Å². The van der Waals surface area contributed by atoms with Crippen molar-refractivity contribution in [2.45, 2.75) is 18.9 Å². The molecule has 140 valence electrons. The monoisotopic (exact) mass is 375 g/mol. The first-order chi connectivity index (χ1) is 13.0. The molecule has 0 unspecified atom stereocenters. The van der Waals surface area contributed by atoms with Crippen molar-refractivity contribution in [3.05, 3.63) is 69.9 Å². The average Bonchev–Trinajstić information content (AvgIpc) is 3.00. The number of H-pyrrole nitrogens is 1. The van der Waals surface area contributed by atoms with Crippen molar-refractivity contribution in [3.8, 4) is 0 Å². The number of fused-ring (bicyclic) bond motifs is 1. The number of hydrogen-bond donors (Lipinski definition) is 1. The molecule has 0 aliphatic carbocycles. The fraction of sp³-hybridized carbons (Fsp3) is 0.263. The first-order valence-corrected chi connectivity index (χ1v) is 8.59. The minimum atomic E-state index is -1.33. The number of aromatic nitrogens is 2. The SMILES string of the molecule is O=C(c1cc(F)c(F)cc1F)N1CCC(n2c(=O)[nH]c3ccccc32)CC1. The number of likely N-dealkylation sites (tertiary alicyclic amines) is 1. The van der Waals surface area contributed by atoms with E-state index >= 15 is 0 Å². The Labute approximate surface area is 152 Å². The summed E-state index contributed by atoms with van der Waals surface area (Å²) in [5, 5.41) is 0. The lowest BCUT2D eigenvalue weighted by Crippen LogP contribution is -2.40. The quantitative estimate of drug-likeness (QED) is 0.700. The van der Waals surface area contributed by atoms with E-state index in [9.17, 15) is 22.8 Å². The van der Waals surface area contributed by atoms with Gasteiger partial charge in [-0.3, -0.25) is 9.36 Å². The second kappa shape index (κ2) is 6.61. The number of hydrogen-bond acceptors (Lipinski definition) is 2. The third-order valence-corrected chi connectivity index (χ3v) is 4.98. The number of carbonyl (C=O) groups is 1. The van der Waals surface area contributed by atoms with E-state index in [1.54, 1.807) is 4.57 Å². The lowest BCUT2D eigenvalue weighted by Gasteiger charge is -2.32. The zero-order valence-corrected chi connectivity index (χ0v) is 14.2. The largest absolute Gasteiger partial charge is 0.338 e. The van der Waals surface area contributed by atoms with Crippen molar-refractivity contribution in [2.75, 3.05) is 13.1 Å². The van der Waals surface area contributed by atoms with Crippen molar-refractivity contribution in [1.82, 2.24) is 14.5 Å². The maximum Gasteiger partial charge on any atom is 0.326 e. The highest BCUT2D eigenvalue weighted by atomic mass is 19.2. The molecule has 1 amide bonds. The topological polar surface area (TPSA) is 58.1 Å². The number of aromatic amines is 1. The first-order valence-electron chi connectivity index (χ1n) is 8.59. The minimum absolute atomic E-state index is 0.104. The van der Waals surface area contributed by atoms with Crippen molar-refractivity contribution in [3.63, 3.8) is 0 Å². The second-order valence-corrected chi connectivity index (χ2v) is 6.59. The lowest BCUT2D eigenvalue weighted by atomic mass is 10.0. The van der Waals surface area contributed by atoms with Gasteiger partial charge >= 0.3 is 5.69 Å². The van der Waals surface area contributed by atoms with Crippen LogP contribution in [0.3, 0.4) is 0 Å². The van der Waals surface area contributed by atoms with Gasteiger partial charge in [0.1, 0.15) is 5.82 Å². The number of benzene rings is 2. The molecule has 1 aliphatic heterocycles. The van der Waals surface area contributed by atoms with Crippen LogP contribution in [0.5, 0.6) is 0 Å². The molecular formula is C19H16F3N3O2. The van der Waals surface area contributed by atoms with Gasteiger partial charge in [-0.2, -0.15) is 0 Å². The summed E-state index contributed by atoms with van der Waals surface area (Å²) < 4.78 is 42.0. The predicted molar refractivity (Wildman–Crippen MR) is 93.0 cm³/mol. The molecule has 1 N–H and O–H groups in total. The van der Waals surface area contributed by atoms with Crippen LogP contribution in [0.25, 0.3) is 11.0 Å². The summed E-state index contributed by atoms with van der Waals surface area (Å²) in [5.74, 6) is -4.37. The van der Waals surface area contributed by atoms with Crippen LogP contribution in [0.4, 0.5) is 13.2 Å². The van der Waals surface area contributed by atoms with Gasteiger partial charge in [-0.25, -0.2) is 18.0 Å². The van der Waals surface area contributed by atoms with Crippen LogP contribution in [0, 0.1) is 17.5 Å². The Morgan fingerprint density at radius 1 is 1.00 bits per heavy atom. The second-order valence-electron chi connectivity index (χ2n) is 6.59. The number of imidazole rings is 1. The molecule has 1 aromatic heterocycles. The van der Waals surface area contributed by atoms with Crippen LogP contribution in [0.2, 0.25) is 0 Å². The van der Waals surface area contributed by atoms with Crippen LogP contribution >= 0.6 is 0 Å². The third kappa shape index (κ3) is 3.01. The van der Waals surface area contributed by atoms with Gasteiger partial charge in [-0.1, -0.05) is 12.1 Å². The molecule has 1 aliphatic rings. The molecular weight excluding hydrogens is 359 g/mol. The number of rotatable bonds is 2. The molecule has 0 radical (unpaired) electrons. The summed E-state index contributed by atoms with van der Waals surface area (Å²) in [5.41, 5.74) is 0.827. The van der Waals surface area contributed by atoms with Gasteiger partial charge in [0.15, 0.2) is 11.6 Å². The predicted octanol–water partition coefficient (Wildman–Crippen LogP) is 3.22. The summed E-state index contributed by atoms with van der Waals surface area (Å²) in [7, 11) is 0. The third-order valence-electron chi connectivity index (χ3n) is 4.98. The number of amides is 1. The summed E-state index contributed by atoms with van der Waals surface area (Å²) in [6, 6.07) is 8.20. The van der Waals surface area contributed by atoms with Gasteiger partial charge in [0.2, 0.25) is 0 Å². The van der Waals surface area contributed by atoms with Crippen LogP contribution in [-0.2, 0) is 0 Å². The number of para-hydroxylation sites is 2. The first kappa shape index (κ1) is 17.4. The molecule has 4 rings (SSSR count). The Balaban J connectivity index is 1.54. The van der Waals surface area contributed by atoms with E-state index in [4.69, 9.17) is 0 Å². The van der Waals surface area contributed by atoms with Gasteiger partial charge in [-0.05, 0) is 31.0 Å². The maximum absolute atomic E-state index is 13.9. The van der Waals surface area contributed by atoms with Gasteiger partial charge in [0, 0.05) is 25.2 Å². The Morgan fingerprint density at radius 3 is 2.41 bits per heavy atom. The standard InChI is InChI=1S/C19H16F3N3O2/c20-13-10-15(22)14(21)9-12(13)18(26)24-7-5-11(6-8-24)25-17-4-2-1-3-16(17)23-19(25)27/h1-4,9-11H,5-8H2,(H,23,27). The highest BCUT2D eigenvalue weighted by molar-refractivity contribution is 5.94. The normalized spacial score (nSPS) is 15.4. The van der Waals surface area contributed by atoms with Gasteiger partial charge in [0.25, 0.3) is 5.91 Å². The molecule has 0 atom stereocenters. The Morgan fingerprint density at radius 2 is 1.67 bits per heavy atom. The fourth-order valence-corrected chi connectivity index (χ4v) is 3.62. The highest BCUT2D eigenvalue weighted by Crippen LogP contribution is 2.26. The van der Waals surface area contributed by atoms with Crippen LogP contribution < -0.4 is 5.69 Å². The highest BCUT2D eigenvalue weighted by Gasteiger charge is 2.28. The van der Waals surface area contributed by atoms with E-state index in [0.717, 1.165) is 11.0 Å². The zero-order chi connectivity index (χ0) is 19.1. The zero-order valence-electron chi connectivity index (χ0n) is 14.2. The van der Waals surface area contributed by atoms with Crippen molar-refractivity contribution >= 4 is 16.9 Å². The van der Waals surface area contributed by atoms with Crippen molar-refractivity contribution in [2.24, 2.45) is 0 Å². The summed E-state index contributed by atoms with van der Waals surface area (Å²) in [6.07, 6.45) is 0.998. The molecule has 2 heterocycles. The van der Waals surface area contributed by atoms with E-state index in [-0.39, 0.29) is 24.8 Å². The Kier molecular flexibility index (Phi) is 4.25. The molecule has 0 bridgehead atoms. The van der Waals surface area contributed by atoms with E-state index in [1.165, 1.54) is 4.90 Å². The molecule has 3 aromatic rings.